The van der Waals surface area contributed by atoms with Crippen LogP contribution in [0.4, 0.5) is 0 Å². The van der Waals surface area contributed by atoms with E-state index in [2.05, 4.69) is 4.72 Å². The van der Waals surface area contributed by atoms with Crippen LogP contribution in [0.1, 0.15) is 26.2 Å². The van der Waals surface area contributed by atoms with Crippen LogP contribution >= 0.6 is 0 Å². The van der Waals surface area contributed by atoms with Crippen LogP contribution in [-0.2, 0) is 24.3 Å². The van der Waals surface area contributed by atoms with Gasteiger partial charge in [0, 0.05) is 26.1 Å². The van der Waals surface area contributed by atoms with Crippen molar-refractivity contribution in [2.24, 2.45) is 5.92 Å². The summed E-state index contributed by atoms with van der Waals surface area (Å²) in [5.74, 6) is 0.0597. The second-order valence-corrected chi connectivity index (χ2v) is 8.00. The Hall–Kier alpha value is -2.13. The van der Waals surface area contributed by atoms with E-state index >= 15 is 0 Å². The van der Waals surface area contributed by atoms with E-state index in [4.69, 9.17) is 9.47 Å². The molecule has 1 saturated heterocycles. The molecule has 0 radical (unpaired) electrons. The van der Waals surface area contributed by atoms with E-state index < -0.39 is 10.0 Å². The van der Waals surface area contributed by atoms with Gasteiger partial charge in [-0.25, -0.2) is 13.1 Å². The lowest BCUT2D eigenvalue weighted by Crippen LogP contribution is -2.41. The third kappa shape index (κ3) is 5.93. The number of likely N-dealkylation sites (tertiary alicyclic amines) is 1. The topological polar surface area (TPSA) is 102 Å². The summed E-state index contributed by atoms with van der Waals surface area (Å²) < 4.78 is 36.9. The Morgan fingerprint density at radius 3 is 2.37 bits per heavy atom. The number of hydrogen-bond donors (Lipinski definition) is 1. The van der Waals surface area contributed by atoms with Crippen molar-refractivity contribution in [3.05, 3.63) is 24.3 Å². The first kappa shape index (κ1) is 21.2. The van der Waals surface area contributed by atoms with Crippen LogP contribution in [0.25, 0.3) is 0 Å². The number of piperidine rings is 1. The molecule has 1 aliphatic rings. The maximum Gasteiger partial charge on any atom is 0.309 e. The van der Waals surface area contributed by atoms with Gasteiger partial charge in [-0.2, -0.15) is 0 Å². The molecule has 0 saturated carbocycles. The normalized spacial score (nSPS) is 15.4. The van der Waals surface area contributed by atoms with Gasteiger partial charge in [0.1, 0.15) is 5.75 Å². The fourth-order valence-corrected chi connectivity index (χ4v) is 3.95. The lowest BCUT2D eigenvalue weighted by molar-refractivity contribution is -0.151. The van der Waals surface area contributed by atoms with Gasteiger partial charge in [-0.3, -0.25) is 9.59 Å². The second kappa shape index (κ2) is 9.70. The monoisotopic (exact) mass is 398 g/mol. The molecule has 1 amide bonds. The van der Waals surface area contributed by atoms with Gasteiger partial charge in [-0.15, -0.1) is 0 Å². The van der Waals surface area contributed by atoms with Crippen molar-refractivity contribution in [2.45, 2.75) is 31.1 Å². The number of nitrogens with zero attached hydrogens (tertiary/aromatic N) is 1. The minimum atomic E-state index is -3.68. The highest BCUT2D eigenvalue weighted by Crippen LogP contribution is 2.19. The Kier molecular flexibility index (Phi) is 7.61. The molecule has 0 atom stereocenters. The molecular formula is C18H26N2O6S. The highest BCUT2D eigenvalue weighted by Gasteiger charge is 2.28. The average Bonchev–Trinajstić information content (AvgIpc) is 2.68. The maximum absolute atomic E-state index is 12.3. The van der Waals surface area contributed by atoms with Crippen LogP contribution in [0.2, 0.25) is 0 Å². The quantitative estimate of drug-likeness (QED) is 0.660. The van der Waals surface area contributed by atoms with Gasteiger partial charge in [-0.05, 0) is 44.0 Å². The van der Waals surface area contributed by atoms with E-state index in [1.54, 1.807) is 24.0 Å². The molecule has 27 heavy (non-hydrogen) atoms. The Balaban J connectivity index is 1.78. The van der Waals surface area contributed by atoms with Crippen LogP contribution in [0.3, 0.4) is 0 Å². The largest absolute Gasteiger partial charge is 0.497 e. The van der Waals surface area contributed by atoms with E-state index in [0.717, 1.165) is 0 Å². The summed E-state index contributed by atoms with van der Waals surface area (Å²) in [5.41, 5.74) is 0. The molecule has 0 spiro atoms. The van der Waals surface area contributed by atoms with E-state index in [1.807, 2.05) is 0 Å². The Morgan fingerprint density at radius 1 is 1.19 bits per heavy atom. The van der Waals surface area contributed by atoms with Crippen molar-refractivity contribution in [3.63, 3.8) is 0 Å². The summed E-state index contributed by atoms with van der Waals surface area (Å²) in [6.07, 6.45) is 1.21. The molecule has 1 heterocycles. The molecule has 0 bridgehead atoms. The lowest BCUT2D eigenvalue weighted by Gasteiger charge is -2.31. The van der Waals surface area contributed by atoms with Gasteiger partial charge in [0.15, 0.2) is 0 Å². The van der Waals surface area contributed by atoms with E-state index in [9.17, 15) is 18.0 Å². The van der Waals surface area contributed by atoms with Crippen molar-refractivity contribution in [3.8, 4) is 5.75 Å². The minimum absolute atomic E-state index is 0.0189. The van der Waals surface area contributed by atoms with Crippen molar-refractivity contribution < 1.29 is 27.5 Å². The number of nitrogens with one attached hydrogen (secondary N) is 1. The summed E-state index contributed by atoms with van der Waals surface area (Å²) in [4.78, 5) is 25.8. The standard InChI is InChI=1S/C18H26N2O6S/c1-3-26-18(22)14-9-12-20(13-10-14)17(21)8-11-19-27(23,24)16-6-4-15(25-2)5-7-16/h4-7,14,19H,3,8-13H2,1-2H3. The number of rotatable bonds is 8. The SMILES string of the molecule is CCOC(=O)C1CCN(C(=O)CCNS(=O)(=O)c2ccc(OC)cc2)CC1. The number of methoxy groups -OCH3 is 1. The number of hydrogen-bond acceptors (Lipinski definition) is 6. The van der Waals surface area contributed by atoms with Crippen molar-refractivity contribution in [1.82, 2.24) is 9.62 Å². The van der Waals surface area contributed by atoms with Crippen molar-refractivity contribution in [1.29, 1.82) is 0 Å². The van der Waals surface area contributed by atoms with Gasteiger partial charge < -0.3 is 14.4 Å². The van der Waals surface area contributed by atoms with Gasteiger partial charge >= 0.3 is 5.97 Å². The first-order valence-electron chi connectivity index (χ1n) is 8.95. The van der Waals surface area contributed by atoms with E-state index in [-0.39, 0.29) is 35.7 Å². The predicted molar refractivity (Wildman–Crippen MR) is 98.7 cm³/mol. The molecule has 1 aromatic carbocycles. The van der Waals surface area contributed by atoms with Crippen LogP contribution in [0.5, 0.6) is 5.75 Å². The summed E-state index contributed by atoms with van der Waals surface area (Å²) in [5, 5.41) is 0. The number of carbonyl (C=O) groups is 2. The zero-order valence-electron chi connectivity index (χ0n) is 15.6. The van der Waals surface area contributed by atoms with E-state index in [0.29, 0.717) is 38.3 Å². The molecule has 8 nitrogen and oxygen atoms in total. The van der Waals surface area contributed by atoms with Crippen molar-refractivity contribution in [2.75, 3.05) is 33.4 Å². The molecule has 2 rings (SSSR count). The third-order valence-electron chi connectivity index (χ3n) is 4.47. The number of amides is 1. The van der Waals surface area contributed by atoms with Crippen LogP contribution in [0, 0.1) is 5.92 Å². The number of benzene rings is 1. The second-order valence-electron chi connectivity index (χ2n) is 6.23. The Morgan fingerprint density at radius 2 is 1.81 bits per heavy atom. The molecule has 0 aromatic heterocycles. The average molecular weight is 398 g/mol. The molecule has 0 aliphatic carbocycles. The molecule has 1 fully saturated rings. The molecule has 1 N–H and O–H groups in total. The first-order chi connectivity index (χ1) is 12.9. The molecule has 1 aromatic rings. The highest BCUT2D eigenvalue weighted by molar-refractivity contribution is 7.89. The molecule has 0 unspecified atom stereocenters. The summed E-state index contributed by atoms with van der Waals surface area (Å²) >= 11 is 0. The summed E-state index contributed by atoms with van der Waals surface area (Å²) in [6.45, 7) is 3.10. The van der Waals surface area contributed by atoms with Crippen molar-refractivity contribution >= 4 is 21.9 Å². The number of esters is 1. The number of carbonyl (C=O) groups excluding carboxylic acids is 2. The zero-order valence-corrected chi connectivity index (χ0v) is 16.5. The van der Waals surface area contributed by atoms with Crippen LogP contribution in [0.15, 0.2) is 29.2 Å². The Bertz CT molecular complexity index is 740. The lowest BCUT2D eigenvalue weighted by atomic mass is 9.97. The van der Waals surface area contributed by atoms with Crippen LogP contribution in [-0.4, -0.2) is 58.5 Å². The zero-order chi connectivity index (χ0) is 19.9. The molecule has 150 valence electrons. The Labute approximate surface area is 159 Å². The van der Waals surface area contributed by atoms with Gasteiger partial charge in [-0.1, -0.05) is 0 Å². The van der Waals surface area contributed by atoms with Gasteiger partial charge in [0.05, 0.1) is 24.5 Å². The minimum Gasteiger partial charge on any atom is -0.497 e. The molecule has 1 aliphatic heterocycles. The van der Waals surface area contributed by atoms with Gasteiger partial charge in [0.2, 0.25) is 15.9 Å². The molecule has 9 heteroatoms. The smallest absolute Gasteiger partial charge is 0.309 e. The van der Waals surface area contributed by atoms with Crippen LogP contribution < -0.4 is 9.46 Å². The number of ether oxygens (including phenoxy) is 2. The molecular weight excluding hydrogens is 372 g/mol. The third-order valence-corrected chi connectivity index (χ3v) is 5.95. The highest BCUT2D eigenvalue weighted by atomic mass is 32.2. The number of sulfonamides is 1. The summed E-state index contributed by atoms with van der Waals surface area (Å²) in [6, 6.07) is 6.02. The fourth-order valence-electron chi connectivity index (χ4n) is 2.91. The van der Waals surface area contributed by atoms with Gasteiger partial charge in [0.25, 0.3) is 0 Å². The van der Waals surface area contributed by atoms with E-state index in [1.165, 1.54) is 19.2 Å². The summed E-state index contributed by atoms with van der Waals surface area (Å²) in [7, 11) is -2.17. The predicted octanol–water partition coefficient (Wildman–Crippen LogP) is 1.17. The first-order valence-corrected chi connectivity index (χ1v) is 10.4. The maximum atomic E-state index is 12.3. The fraction of sp³-hybridized carbons (Fsp3) is 0.556.